The van der Waals surface area contributed by atoms with Crippen LogP contribution in [-0.2, 0) is 4.79 Å². The van der Waals surface area contributed by atoms with Crippen molar-refractivity contribution in [3.8, 4) is 0 Å². The minimum Gasteiger partial charge on any atom is -0.479 e. The van der Waals surface area contributed by atoms with E-state index in [0.29, 0.717) is 5.13 Å². The number of para-hydroxylation sites is 1. The molecular weight excluding hydrogens is 248 g/mol. The van der Waals surface area contributed by atoms with E-state index in [1.165, 1.54) is 16.2 Å². The van der Waals surface area contributed by atoms with E-state index in [9.17, 15) is 4.79 Å². The minimum absolute atomic E-state index is 0.601. The molecule has 0 aliphatic rings. The second-order valence-electron chi connectivity index (χ2n) is 3.25. The van der Waals surface area contributed by atoms with Crippen molar-refractivity contribution in [3.63, 3.8) is 0 Å². The van der Waals surface area contributed by atoms with Crippen LogP contribution in [-0.4, -0.2) is 28.6 Å². The number of halogens is 1. The molecule has 0 bridgehead atoms. The smallest absolute Gasteiger partial charge is 0.342 e. The predicted octanol–water partition coefficient (Wildman–Crippen LogP) is 2.38. The molecule has 0 unspecified atom stereocenters. The number of hydrogen-bond donors (Lipinski definition) is 1. The highest BCUT2D eigenvalue weighted by atomic mass is 35.5. The number of carboxylic acid groups (broad SMARTS) is 1. The summed E-state index contributed by atoms with van der Waals surface area (Å²) in [6, 6.07) is 7.63. The number of rotatable bonds is 3. The number of carbonyl (C=O) groups is 1. The lowest BCUT2D eigenvalue weighted by Crippen LogP contribution is -2.33. The second-order valence-corrected chi connectivity index (χ2v) is 4.67. The van der Waals surface area contributed by atoms with Gasteiger partial charge in [-0.3, -0.25) is 0 Å². The van der Waals surface area contributed by atoms with E-state index >= 15 is 0 Å². The van der Waals surface area contributed by atoms with Gasteiger partial charge in [-0.2, -0.15) is 0 Å². The summed E-state index contributed by atoms with van der Waals surface area (Å²) in [6.07, 6.45) is 0. The third kappa shape index (κ3) is 1.96. The number of benzene rings is 1. The van der Waals surface area contributed by atoms with Crippen LogP contribution in [0.3, 0.4) is 0 Å². The van der Waals surface area contributed by atoms with E-state index in [4.69, 9.17) is 16.7 Å². The van der Waals surface area contributed by atoms with Crippen LogP contribution in [0.25, 0.3) is 10.2 Å². The Bertz CT molecular complexity index is 495. The first-order chi connectivity index (χ1) is 7.59. The number of hydrogen-bond acceptors (Lipinski definition) is 4. The van der Waals surface area contributed by atoms with Crippen molar-refractivity contribution >= 4 is 44.3 Å². The molecule has 0 saturated heterocycles. The summed E-state index contributed by atoms with van der Waals surface area (Å²) in [5, 5.41) is 9.39. The monoisotopic (exact) mass is 256 g/mol. The summed E-state index contributed by atoms with van der Waals surface area (Å²) < 4.78 is 1.01. The van der Waals surface area contributed by atoms with Gasteiger partial charge in [-0.1, -0.05) is 35.1 Å². The van der Waals surface area contributed by atoms with Crippen molar-refractivity contribution in [2.45, 2.75) is 5.50 Å². The fourth-order valence-corrected chi connectivity index (χ4v) is 2.38. The number of alkyl halides is 1. The molecule has 1 heterocycles. The number of aromatic nitrogens is 1. The molecule has 4 nitrogen and oxygen atoms in total. The van der Waals surface area contributed by atoms with Gasteiger partial charge in [-0.15, -0.1) is 0 Å². The molecule has 2 aromatic rings. The molecule has 0 fully saturated rings. The van der Waals surface area contributed by atoms with Gasteiger partial charge in [0.05, 0.1) is 10.2 Å². The zero-order valence-corrected chi connectivity index (χ0v) is 10.00. The van der Waals surface area contributed by atoms with Crippen LogP contribution in [0.4, 0.5) is 5.13 Å². The first kappa shape index (κ1) is 11.2. The van der Waals surface area contributed by atoms with Gasteiger partial charge < -0.3 is 10.0 Å². The molecule has 2 rings (SSSR count). The van der Waals surface area contributed by atoms with Gasteiger partial charge in [0.15, 0.2) is 5.13 Å². The van der Waals surface area contributed by atoms with Crippen molar-refractivity contribution in [2.24, 2.45) is 0 Å². The maximum absolute atomic E-state index is 10.7. The standard InChI is InChI=1S/C10H9ClN2O2S/c1-13(8(11)9(14)15)10-12-6-4-2-3-5-7(6)16-10/h2-5,8H,1H3,(H,14,15)/t8-/m1/s1. The van der Waals surface area contributed by atoms with Gasteiger partial charge in [0, 0.05) is 7.05 Å². The maximum atomic E-state index is 10.7. The summed E-state index contributed by atoms with van der Waals surface area (Å²) in [6.45, 7) is 0. The van der Waals surface area contributed by atoms with Gasteiger partial charge in [0.2, 0.25) is 5.50 Å². The number of thiazole rings is 1. The lowest BCUT2D eigenvalue weighted by atomic mass is 10.3. The molecule has 0 aliphatic carbocycles. The van der Waals surface area contributed by atoms with Gasteiger partial charge in [0.1, 0.15) is 0 Å². The lowest BCUT2D eigenvalue weighted by Gasteiger charge is -2.17. The SMILES string of the molecule is CN(c1nc2ccccc2s1)[C@@H](Cl)C(=O)O. The molecule has 1 atom stereocenters. The first-order valence-electron chi connectivity index (χ1n) is 4.55. The van der Waals surface area contributed by atoms with Crippen LogP contribution < -0.4 is 4.90 Å². The third-order valence-electron chi connectivity index (χ3n) is 2.13. The molecule has 0 spiro atoms. The Labute approximate surface area is 101 Å². The van der Waals surface area contributed by atoms with Crippen molar-refractivity contribution in [1.29, 1.82) is 0 Å². The van der Waals surface area contributed by atoms with Crippen molar-refractivity contribution in [1.82, 2.24) is 4.98 Å². The Morgan fingerprint density at radius 2 is 2.25 bits per heavy atom. The number of likely N-dealkylation sites (N-methyl/N-ethyl adjacent to an activating group) is 1. The average molecular weight is 257 g/mol. The van der Waals surface area contributed by atoms with Gasteiger partial charge >= 0.3 is 5.97 Å². The quantitative estimate of drug-likeness (QED) is 0.677. The van der Waals surface area contributed by atoms with Crippen molar-refractivity contribution in [3.05, 3.63) is 24.3 Å². The molecule has 6 heteroatoms. The van der Waals surface area contributed by atoms with Crippen LogP contribution in [0.1, 0.15) is 0 Å². The van der Waals surface area contributed by atoms with Crippen LogP contribution in [0.15, 0.2) is 24.3 Å². The Morgan fingerprint density at radius 3 is 2.88 bits per heavy atom. The average Bonchev–Trinajstić information content (AvgIpc) is 2.70. The summed E-state index contributed by atoms with van der Waals surface area (Å²) in [5.74, 6) is -1.08. The van der Waals surface area contributed by atoms with E-state index in [1.807, 2.05) is 24.3 Å². The molecule has 84 valence electrons. The Hall–Kier alpha value is -1.33. The molecule has 0 saturated carbocycles. The summed E-state index contributed by atoms with van der Waals surface area (Å²) in [5.41, 5.74) is -0.246. The predicted molar refractivity (Wildman–Crippen MR) is 65.3 cm³/mol. The summed E-state index contributed by atoms with van der Waals surface area (Å²) >= 11 is 7.14. The third-order valence-corrected chi connectivity index (χ3v) is 3.73. The van der Waals surface area contributed by atoms with E-state index in [2.05, 4.69) is 4.98 Å². The molecule has 1 aromatic carbocycles. The largest absolute Gasteiger partial charge is 0.479 e. The van der Waals surface area contributed by atoms with Crippen LogP contribution in [0.5, 0.6) is 0 Å². The van der Waals surface area contributed by atoms with Gasteiger partial charge in [-0.25, -0.2) is 9.78 Å². The number of nitrogens with zero attached hydrogens (tertiary/aromatic N) is 2. The molecule has 0 aliphatic heterocycles. The Balaban J connectivity index is 2.36. The van der Waals surface area contributed by atoms with E-state index < -0.39 is 11.5 Å². The maximum Gasteiger partial charge on any atom is 0.342 e. The first-order valence-corrected chi connectivity index (χ1v) is 5.80. The van der Waals surface area contributed by atoms with Gasteiger partial charge in [-0.05, 0) is 12.1 Å². The second kappa shape index (κ2) is 4.27. The van der Waals surface area contributed by atoms with E-state index in [1.54, 1.807) is 7.05 Å². The highest BCUT2D eigenvalue weighted by Crippen LogP contribution is 2.29. The van der Waals surface area contributed by atoms with Gasteiger partial charge in [0.25, 0.3) is 0 Å². The molecule has 1 aromatic heterocycles. The molecule has 0 radical (unpaired) electrons. The highest BCUT2D eigenvalue weighted by molar-refractivity contribution is 7.22. The molecular formula is C10H9ClN2O2S. The number of carboxylic acids is 1. The van der Waals surface area contributed by atoms with Crippen molar-refractivity contribution in [2.75, 3.05) is 11.9 Å². The lowest BCUT2D eigenvalue weighted by molar-refractivity contribution is -0.136. The fraction of sp³-hybridized carbons (Fsp3) is 0.200. The zero-order valence-electron chi connectivity index (χ0n) is 8.42. The molecule has 16 heavy (non-hydrogen) atoms. The zero-order chi connectivity index (χ0) is 11.7. The number of anilines is 1. The van der Waals surface area contributed by atoms with Crippen LogP contribution in [0.2, 0.25) is 0 Å². The summed E-state index contributed by atoms with van der Waals surface area (Å²) in [7, 11) is 1.61. The Morgan fingerprint density at radius 1 is 1.56 bits per heavy atom. The van der Waals surface area contributed by atoms with Crippen molar-refractivity contribution < 1.29 is 9.90 Å². The van der Waals surface area contributed by atoms with Crippen LogP contribution >= 0.6 is 22.9 Å². The highest BCUT2D eigenvalue weighted by Gasteiger charge is 2.22. The number of fused-ring (bicyclic) bond motifs is 1. The Kier molecular flexibility index (Phi) is 2.98. The molecule has 1 N–H and O–H groups in total. The minimum atomic E-state index is -1.10. The molecule has 0 amide bonds. The van der Waals surface area contributed by atoms with Crippen LogP contribution in [0, 0.1) is 0 Å². The normalized spacial score (nSPS) is 12.6. The fourth-order valence-electron chi connectivity index (χ4n) is 1.27. The van der Waals surface area contributed by atoms with E-state index in [0.717, 1.165) is 10.2 Å². The summed E-state index contributed by atoms with van der Waals surface area (Å²) in [4.78, 5) is 16.5. The topological polar surface area (TPSA) is 53.4 Å². The number of aliphatic carboxylic acids is 1. The van der Waals surface area contributed by atoms with E-state index in [-0.39, 0.29) is 0 Å².